The highest BCUT2D eigenvalue weighted by Gasteiger charge is 2.23. The van der Waals surface area contributed by atoms with Gasteiger partial charge >= 0.3 is 0 Å². The van der Waals surface area contributed by atoms with Gasteiger partial charge in [-0.2, -0.15) is 0 Å². The van der Waals surface area contributed by atoms with E-state index < -0.39 is 0 Å². The van der Waals surface area contributed by atoms with Crippen molar-refractivity contribution in [1.29, 1.82) is 0 Å². The van der Waals surface area contributed by atoms with E-state index in [2.05, 4.69) is 23.4 Å². The molecule has 2 aliphatic rings. The molecule has 18 heavy (non-hydrogen) atoms. The Morgan fingerprint density at radius 1 is 1.33 bits per heavy atom. The largest absolute Gasteiger partial charge is 0.374 e. The molecule has 1 saturated heterocycles. The van der Waals surface area contributed by atoms with Gasteiger partial charge in [-0.1, -0.05) is 0 Å². The molecule has 0 N–H and O–H groups in total. The van der Waals surface area contributed by atoms with Gasteiger partial charge < -0.3 is 14.2 Å². The van der Waals surface area contributed by atoms with Crippen molar-refractivity contribution in [3.8, 4) is 0 Å². The maximum absolute atomic E-state index is 5.88. The monoisotopic (exact) mass is 249 g/mol. The van der Waals surface area contributed by atoms with Crippen LogP contribution in [-0.4, -0.2) is 47.3 Å². The van der Waals surface area contributed by atoms with E-state index in [0.29, 0.717) is 6.10 Å². The van der Waals surface area contributed by atoms with Gasteiger partial charge in [-0.05, 0) is 39.7 Å². The quantitative estimate of drug-likeness (QED) is 0.793. The number of rotatable bonds is 2. The van der Waals surface area contributed by atoms with Gasteiger partial charge in [0.1, 0.15) is 5.82 Å². The van der Waals surface area contributed by atoms with Gasteiger partial charge in [0.25, 0.3) is 0 Å². The average molecular weight is 249 g/mol. The van der Waals surface area contributed by atoms with Gasteiger partial charge in [0.15, 0.2) is 0 Å². The molecule has 4 heteroatoms. The summed E-state index contributed by atoms with van der Waals surface area (Å²) >= 11 is 0. The van der Waals surface area contributed by atoms with Crippen molar-refractivity contribution in [2.24, 2.45) is 0 Å². The van der Waals surface area contributed by atoms with Crippen LogP contribution in [0.3, 0.4) is 0 Å². The molecule has 0 radical (unpaired) electrons. The Bertz CT molecular complexity index is 427. The van der Waals surface area contributed by atoms with Crippen LogP contribution in [0.5, 0.6) is 0 Å². The van der Waals surface area contributed by atoms with Crippen molar-refractivity contribution >= 4 is 0 Å². The molecule has 3 rings (SSSR count). The number of aryl methyl sites for hydroxylation is 2. The fourth-order valence-corrected chi connectivity index (χ4v) is 3.16. The topological polar surface area (TPSA) is 30.3 Å². The zero-order chi connectivity index (χ0) is 12.5. The second-order valence-electron chi connectivity index (χ2n) is 5.63. The van der Waals surface area contributed by atoms with Gasteiger partial charge in [0.05, 0.1) is 24.9 Å². The molecule has 4 nitrogen and oxygen atoms in total. The van der Waals surface area contributed by atoms with Crippen molar-refractivity contribution < 1.29 is 4.74 Å². The molecule has 0 aromatic carbocycles. The molecule has 0 spiro atoms. The summed E-state index contributed by atoms with van der Waals surface area (Å²) in [6.07, 6.45) is 5.28. The van der Waals surface area contributed by atoms with Gasteiger partial charge in [0.2, 0.25) is 0 Å². The summed E-state index contributed by atoms with van der Waals surface area (Å²) in [5, 5.41) is 0. The van der Waals surface area contributed by atoms with E-state index in [4.69, 9.17) is 9.72 Å². The van der Waals surface area contributed by atoms with Crippen molar-refractivity contribution in [3.63, 3.8) is 0 Å². The van der Waals surface area contributed by atoms with Crippen LogP contribution in [0.1, 0.15) is 30.1 Å². The summed E-state index contributed by atoms with van der Waals surface area (Å²) in [5.74, 6) is 1.17. The second kappa shape index (κ2) is 5.02. The van der Waals surface area contributed by atoms with Crippen LogP contribution in [-0.2, 0) is 24.1 Å². The number of ether oxygens (including phenoxy) is 1. The summed E-state index contributed by atoms with van der Waals surface area (Å²) < 4.78 is 8.28. The number of hydrogen-bond acceptors (Lipinski definition) is 3. The van der Waals surface area contributed by atoms with E-state index in [1.807, 2.05) is 0 Å². The predicted octanol–water partition coefficient (Wildman–Crippen LogP) is 1.40. The van der Waals surface area contributed by atoms with Gasteiger partial charge in [0, 0.05) is 18.8 Å². The minimum atomic E-state index is 0.322. The molecule has 2 heterocycles. The zero-order valence-corrected chi connectivity index (χ0v) is 11.5. The smallest absolute Gasteiger partial charge is 0.106 e. The maximum Gasteiger partial charge on any atom is 0.106 e. The van der Waals surface area contributed by atoms with E-state index in [9.17, 15) is 0 Å². The third-order valence-corrected chi connectivity index (χ3v) is 4.15. The summed E-state index contributed by atoms with van der Waals surface area (Å²) in [6, 6.07) is 0. The van der Waals surface area contributed by atoms with E-state index in [1.165, 1.54) is 36.5 Å². The van der Waals surface area contributed by atoms with Crippen LogP contribution in [0.25, 0.3) is 0 Å². The summed E-state index contributed by atoms with van der Waals surface area (Å²) in [6.45, 7) is 6.05. The molecular weight excluding hydrogens is 226 g/mol. The van der Waals surface area contributed by atoms with Crippen molar-refractivity contribution in [2.45, 2.75) is 45.3 Å². The number of aromatic nitrogens is 2. The molecule has 1 aromatic heterocycles. The average Bonchev–Trinajstić information content (AvgIpc) is 2.66. The van der Waals surface area contributed by atoms with Crippen LogP contribution >= 0.6 is 0 Å². The first-order chi connectivity index (χ1) is 8.74. The van der Waals surface area contributed by atoms with Crippen molar-refractivity contribution in [3.05, 3.63) is 17.2 Å². The van der Waals surface area contributed by atoms with Crippen LogP contribution in [0, 0.1) is 6.92 Å². The lowest BCUT2D eigenvalue weighted by atomic mass is 10.0. The standard InChI is InChI=1S/C14H23N3O/c1-11-15-13-5-3-4-6-14(13)17(11)10-12-9-16(2)7-8-18-12/h12H,3-10H2,1-2H3. The molecule has 1 unspecified atom stereocenters. The lowest BCUT2D eigenvalue weighted by Gasteiger charge is -2.31. The van der Waals surface area contributed by atoms with Crippen molar-refractivity contribution in [1.82, 2.24) is 14.5 Å². The van der Waals surface area contributed by atoms with Gasteiger partial charge in [-0.3, -0.25) is 0 Å². The van der Waals surface area contributed by atoms with Crippen molar-refractivity contribution in [2.75, 3.05) is 26.7 Å². The fourth-order valence-electron chi connectivity index (χ4n) is 3.16. The Morgan fingerprint density at radius 2 is 2.17 bits per heavy atom. The highest BCUT2D eigenvalue weighted by Crippen LogP contribution is 2.23. The molecule has 1 atom stereocenters. The number of fused-ring (bicyclic) bond motifs is 1. The second-order valence-corrected chi connectivity index (χ2v) is 5.63. The lowest BCUT2D eigenvalue weighted by Crippen LogP contribution is -2.42. The van der Waals surface area contributed by atoms with Crippen LogP contribution in [0.15, 0.2) is 0 Å². The van der Waals surface area contributed by atoms with E-state index in [0.717, 1.165) is 32.7 Å². The molecule has 0 saturated carbocycles. The van der Waals surface area contributed by atoms with Gasteiger partial charge in [-0.25, -0.2) is 4.98 Å². The molecule has 1 aliphatic heterocycles. The Labute approximate surface area is 109 Å². The van der Waals surface area contributed by atoms with Crippen LogP contribution in [0.2, 0.25) is 0 Å². The minimum Gasteiger partial charge on any atom is -0.374 e. The normalized spacial score (nSPS) is 25.1. The summed E-state index contributed by atoms with van der Waals surface area (Å²) in [7, 11) is 2.17. The third-order valence-electron chi connectivity index (χ3n) is 4.15. The first-order valence-electron chi connectivity index (χ1n) is 7.09. The maximum atomic E-state index is 5.88. The molecule has 100 valence electrons. The third kappa shape index (κ3) is 2.31. The zero-order valence-electron chi connectivity index (χ0n) is 11.5. The number of hydrogen-bond donors (Lipinski definition) is 0. The van der Waals surface area contributed by atoms with E-state index >= 15 is 0 Å². The molecular formula is C14H23N3O. The van der Waals surface area contributed by atoms with Crippen LogP contribution < -0.4 is 0 Å². The molecule has 0 bridgehead atoms. The van der Waals surface area contributed by atoms with E-state index in [-0.39, 0.29) is 0 Å². The van der Waals surface area contributed by atoms with Crippen LogP contribution in [0.4, 0.5) is 0 Å². The van der Waals surface area contributed by atoms with Gasteiger partial charge in [-0.15, -0.1) is 0 Å². The minimum absolute atomic E-state index is 0.322. The molecule has 1 aromatic rings. The molecule has 1 aliphatic carbocycles. The Kier molecular flexibility index (Phi) is 3.39. The molecule has 0 amide bonds. The highest BCUT2D eigenvalue weighted by atomic mass is 16.5. The summed E-state index contributed by atoms with van der Waals surface area (Å²) in [4.78, 5) is 7.08. The summed E-state index contributed by atoms with van der Waals surface area (Å²) in [5.41, 5.74) is 2.80. The lowest BCUT2D eigenvalue weighted by molar-refractivity contribution is -0.0280. The molecule has 1 fully saturated rings. The fraction of sp³-hybridized carbons (Fsp3) is 0.786. The predicted molar refractivity (Wildman–Crippen MR) is 70.8 cm³/mol. The first-order valence-corrected chi connectivity index (χ1v) is 7.09. The number of imidazole rings is 1. The van der Waals surface area contributed by atoms with E-state index in [1.54, 1.807) is 0 Å². The Hall–Kier alpha value is -0.870. The number of likely N-dealkylation sites (N-methyl/N-ethyl adjacent to an activating group) is 1. The first kappa shape index (κ1) is 12.2. The SMILES string of the molecule is Cc1nc2c(n1CC1CN(C)CCO1)CCCC2. The Morgan fingerprint density at radius 3 is 3.00 bits per heavy atom. The highest BCUT2D eigenvalue weighted by molar-refractivity contribution is 5.20. The Balaban J connectivity index is 1.77. The number of nitrogens with zero attached hydrogens (tertiary/aromatic N) is 3. The number of morpholine rings is 1.